The molecule has 0 bridgehead atoms. The van der Waals surface area contributed by atoms with Crippen molar-refractivity contribution in [2.45, 2.75) is 18.6 Å². The van der Waals surface area contributed by atoms with E-state index < -0.39 is 12.1 Å². The van der Waals surface area contributed by atoms with Gasteiger partial charge in [-0.05, 0) is 29.9 Å². The summed E-state index contributed by atoms with van der Waals surface area (Å²) < 4.78 is 11.0. The lowest BCUT2D eigenvalue weighted by molar-refractivity contribution is -0.146. The first-order valence-corrected chi connectivity index (χ1v) is 7.10. The molecule has 1 fully saturated rings. The number of carbonyl (C=O) groups is 1. The summed E-state index contributed by atoms with van der Waals surface area (Å²) in [7, 11) is 1.49. The van der Waals surface area contributed by atoms with Crippen LogP contribution < -0.4 is 9.47 Å². The number of ether oxygens (including phenoxy) is 2. The largest absolute Gasteiger partial charge is 0.493 e. The normalized spacial score (nSPS) is 20.0. The number of hydrogen-bond donors (Lipinski definition) is 2. The number of hydrogen-bond acceptors (Lipinski definition) is 5. The monoisotopic (exact) mass is 284 g/mol. The zero-order valence-electron chi connectivity index (χ0n) is 10.5. The maximum Gasteiger partial charge on any atom is 0.337 e. The van der Waals surface area contributed by atoms with E-state index in [1.807, 2.05) is 11.8 Å². The van der Waals surface area contributed by atoms with Crippen LogP contribution in [0.15, 0.2) is 18.2 Å². The number of aliphatic hydroxyl groups excluding tert-OH is 1. The van der Waals surface area contributed by atoms with Gasteiger partial charge >= 0.3 is 5.97 Å². The van der Waals surface area contributed by atoms with Crippen molar-refractivity contribution in [2.24, 2.45) is 0 Å². The predicted molar refractivity (Wildman–Crippen MR) is 71.9 cm³/mol. The highest BCUT2D eigenvalue weighted by Crippen LogP contribution is 2.33. The number of carboxylic acids is 1. The minimum Gasteiger partial charge on any atom is -0.493 e. The van der Waals surface area contributed by atoms with Gasteiger partial charge in [0.1, 0.15) is 6.10 Å². The molecule has 1 heterocycles. The molecule has 2 N–H and O–H groups in total. The van der Waals surface area contributed by atoms with Gasteiger partial charge in [-0.15, -0.1) is 0 Å². The Kier molecular flexibility index (Phi) is 4.55. The molecular weight excluding hydrogens is 268 g/mol. The average Bonchev–Trinajstić information content (AvgIpc) is 2.91. The average molecular weight is 284 g/mol. The zero-order chi connectivity index (χ0) is 13.8. The van der Waals surface area contributed by atoms with Crippen LogP contribution in [0, 0.1) is 0 Å². The number of rotatable bonds is 5. The molecule has 1 aliphatic rings. The van der Waals surface area contributed by atoms with Gasteiger partial charge in [0.05, 0.1) is 7.11 Å². The number of methoxy groups -OCH3 is 1. The number of aliphatic hydroxyl groups is 1. The standard InChI is InChI=1S/C13H16O5S/c1-17-11-6-8(12(14)13(15)16)2-3-10(11)18-9-4-5-19-7-9/h2-3,6,9,12,14H,4-5,7H2,1H3,(H,15,16). The van der Waals surface area contributed by atoms with Gasteiger partial charge in [-0.2, -0.15) is 11.8 Å². The van der Waals surface area contributed by atoms with E-state index in [2.05, 4.69) is 0 Å². The Labute approximate surface area is 115 Å². The Morgan fingerprint density at radius 2 is 2.26 bits per heavy atom. The molecule has 2 atom stereocenters. The van der Waals surface area contributed by atoms with E-state index in [0.29, 0.717) is 11.5 Å². The van der Waals surface area contributed by atoms with Crippen LogP contribution >= 0.6 is 11.8 Å². The highest BCUT2D eigenvalue weighted by molar-refractivity contribution is 7.99. The van der Waals surface area contributed by atoms with Crippen molar-refractivity contribution >= 4 is 17.7 Å². The fourth-order valence-electron chi connectivity index (χ4n) is 1.88. The van der Waals surface area contributed by atoms with E-state index >= 15 is 0 Å². The molecule has 0 amide bonds. The quantitative estimate of drug-likeness (QED) is 0.857. The third-order valence-electron chi connectivity index (χ3n) is 2.92. The molecule has 1 aromatic rings. The summed E-state index contributed by atoms with van der Waals surface area (Å²) in [5, 5.41) is 18.3. The van der Waals surface area contributed by atoms with Crippen LogP contribution in [-0.4, -0.2) is 40.9 Å². The van der Waals surface area contributed by atoms with Crippen molar-refractivity contribution in [1.82, 2.24) is 0 Å². The maximum absolute atomic E-state index is 10.7. The Hall–Kier alpha value is -1.40. The van der Waals surface area contributed by atoms with Gasteiger partial charge in [0.2, 0.25) is 0 Å². The third-order valence-corrected chi connectivity index (χ3v) is 4.05. The van der Waals surface area contributed by atoms with Crippen LogP contribution in [-0.2, 0) is 4.79 Å². The second-order valence-corrected chi connectivity index (χ2v) is 5.40. The first-order chi connectivity index (χ1) is 9.11. The van der Waals surface area contributed by atoms with Crippen molar-refractivity contribution in [3.8, 4) is 11.5 Å². The fourth-order valence-corrected chi connectivity index (χ4v) is 2.97. The van der Waals surface area contributed by atoms with E-state index in [-0.39, 0.29) is 11.7 Å². The fraction of sp³-hybridized carbons (Fsp3) is 0.462. The first kappa shape index (κ1) is 14.0. The number of carboxylic acid groups (broad SMARTS) is 1. The van der Waals surface area contributed by atoms with E-state index in [1.165, 1.54) is 13.2 Å². The van der Waals surface area contributed by atoms with Crippen LogP contribution in [0.4, 0.5) is 0 Å². The van der Waals surface area contributed by atoms with Crippen LogP contribution in [0.25, 0.3) is 0 Å². The Bertz CT molecular complexity index is 456. The molecule has 0 aliphatic carbocycles. The number of benzene rings is 1. The summed E-state index contributed by atoms with van der Waals surface area (Å²) in [6.45, 7) is 0. The van der Waals surface area contributed by atoms with Crippen LogP contribution in [0.1, 0.15) is 18.1 Å². The number of thioether (sulfide) groups is 1. The maximum atomic E-state index is 10.7. The van der Waals surface area contributed by atoms with Crippen LogP contribution in [0.5, 0.6) is 11.5 Å². The first-order valence-electron chi connectivity index (χ1n) is 5.95. The molecule has 1 aliphatic heterocycles. The third kappa shape index (κ3) is 3.33. The molecular formula is C13H16O5S. The summed E-state index contributed by atoms with van der Waals surface area (Å²) in [5.41, 5.74) is 0.275. The molecule has 104 valence electrons. The molecule has 2 unspecified atom stereocenters. The molecule has 2 rings (SSSR count). The van der Waals surface area contributed by atoms with Crippen molar-refractivity contribution < 1.29 is 24.5 Å². The van der Waals surface area contributed by atoms with Crippen molar-refractivity contribution in [2.75, 3.05) is 18.6 Å². The van der Waals surface area contributed by atoms with Gasteiger partial charge in [0, 0.05) is 5.75 Å². The minimum atomic E-state index is -1.55. The van der Waals surface area contributed by atoms with Crippen molar-refractivity contribution in [1.29, 1.82) is 0 Å². The van der Waals surface area contributed by atoms with Crippen LogP contribution in [0.2, 0.25) is 0 Å². The smallest absolute Gasteiger partial charge is 0.337 e. The lowest BCUT2D eigenvalue weighted by Gasteiger charge is -2.16. The molecule has 0 spiro atoms. The molecule has 6 heteroatoms. The lowest BCUT2D eigenvalue weighted by atomic mass is 10.1. The van der Waals surface area contributed by atoms with Gasteiger partial charge in [0.25, 0.3) is 0 Å². The molecule has 1 aromatic carbocycles. The lowest BCUT2D eigenvalue weighted by Crippen LogP contribution is -2.16. The second-order valence-electron chi connectivity index (χ2n) is 4.25. The highest BCUT2D eigenvalue weighted by atomic mass is 32.2. The van der Waals surface area contributed by atoms with E-state index in [4.69, 9.17) is 14.6 Å². The number of aliphatic carboxylic acids is 1. The molecule has 0 aromatic heterocycles. The topological polar surface area (TPSA) is 76.0 Å². The summed E-state index contributed by atoms with van der Waals surface area (Å²) >= 11 is 1.84. The molecule has 0 radical (unpaired) electrons. The minimum absolute atomic E-state index is 0.161. The zero-order valence-corrected chi connectivity index (χ0v) is 11.4. The van der Waals surface area contributed by atoms with Crippen LogP contribution in [0.3, 0.4) is 0 Å². The summed E-state index contributed by atoms with van der Waals surface area (Å²) in [6, 6.07) is 4.68. The van der Waals surface area contributed by atoms with Gasteiger partial charge in [-0.25, -0.2) is 4.79 Å². The Morgan fingerprint density at radius 1 is 1.47 bits per heavy atom. The predicted octanol–water partition coefficient (Wildman–Crippen LogP) is 1.70. The second kappa shape index (κ2) is 6.16. The summed E-state index contributed by atoms with van der Waals surface area (Å²) in [5.74, 6) is 1.76. The molecule has 1 saturated heterocycles. The molecule has 5 nitrogen and oxygen atoms in total. The van der Waals surface area contributed by atoms with Crippen molar-refractivity contribution in [3.05, 3.63) is 23.8 Å². The van der Waals surface area contributed by atoms with Gasteiger partial charge in [-0.1, -0.05) is 6.07 Å². The van der Waals surface area contributed by atoms with Gasteiger partial charge in [0.15, 0.2) is 17.6 Å². The summed E-state index contributed by atoms with van der Waals surface area (Å²) in [6.07, 6.45) is -0.396. The summed E-state index contributed by atoms with van der Waals surface area (Å²) in [4.78, 5) is 10.7. The van der Waals surface area contributed by atoms with E-state index in [9.17, 15) is 9.90 Å². The molecule has 0 saturated carbocycles. The van der Waals surface area contributed by atoms with Gasteiger partial charge in [-0.3, -0.25) is 0 Å². The SMILES string of the molecule is COc1cc(C(O)C(=O)O)ccc1OC1CCSC1. The highest BCUT2D eigenvalue weighted by Gasteiger charge is 2.21. The molecule has 19 heavy (non-hydrogen) atoms. The van der Waals surface area contributed by atoms with Crippen molar-refractivity contribution in [3.63, 3.8) is 0 Å². The van der Waals surface area contributed by atoms with E-state index in [0.717, 1.165) is 17.9 Å². The van der Waals surface area contributed by atoms with Gasteiger partial charge < -0.3 is 19.7 Å². The van der Waals surface area contributed by atoms with E-state index in [1.54, 1.807) is 12.1 Å². The Morgan fingerprint density at radius 3 is 2.84 bits per heavy atom. The Balaban J connectivity index is 2.18.